The Morgan fingerprint density at radius 2 is 1.60 bits per heavy atom. The van der Waals surface area contributed by atoms with E-state index in [9.17, 15) is 13.2 Å². The summed E-state index contributed by atoms with van der Waals surface area (Å²) in [6.45, 7) is 7.79. The second kappa shape index (κ2) is 5.85. The molecule has 2 heterocycles. The number of halogens is 3. The van der Waals surface area contributed by atoms with Crippen molar-refractivity contribution in [3.8, 4) is 11.3 Å². The van der Waals surface area contributed by atoms with Gasteiger partial charge >= 0.3 is 13.3 Å². The van der Waals surface area contributed by atoms with Gasteiger partial charge in [-0.2, -0.15) is 13.2 Å². The molecule has 0 radical (unpaired) electrons. The lowest BCUT2D eigenvalue weighted by atomic mass is 9.79. The molecule has 1 saturated heterocycles. The van der Waals surface area contributed by atoms with Crippen molar-refractivity contribution in [1.29, 1.82) is 0 Å². The van der Waals surface area contributed by atoms with Crippen LogP contribution in [-0.2, 0) is 15.5 Å². The Balaban J connectivity index is 1.94. The molecule has 2 aromatic rings. The molecule has 25 heavy (non-hydrogen) atoms. The molecule has 0 saturated carbocycles. The van der Waals surface area contributed by atoms with Gasteiger partial charge in [0.2, 0.25) is 0 Å². The summed E-state index contributed by atoms with van der Waals surface area (Å²) >= 11 is 0. The van der Waals surface area contributed by atoms with Gasteiger partial charge in [-0.25, -0.2) is 0 Å². The number of rotatable bonds is 2. The standard InChI is InChI=1S/C18H19BF3NO2/c1-16(2)17(3,4)25-19(24-16)14-8-9-23-15(11-14)12-6-5-7-13(10-12)18(20,21)22/h5-11H,1-4H3. The number of hydrogen-bond donors (Lipinski definition) is 0. The van der Waals surface area contributed by atoms with Crippen LogP contribution in [0.15, 0.2) is 42.6 Å². The highest BCUT2D eigenvalue weighted by atomic mass is 19.4. The van der Waals surface area contributed by atoms with E-state index in [4.69, 9.17) is 9.31 Å². The van der Waals surface area contributed by atoms with Crippen molar-refractivity contribution in [2.45, 2.75) is 45.1 Å². The first kappa shape index (κ1) is 18.0. The molecule has 0 aliphatic carbocycles. The van der Waals surface area contributed by atoms with E-state index in [1.54, 1.807) is 24.4 Å². The van der Waals surface area contributed by atoms with E-state index in [1.807, 2.05) is 27.7 Å². The van der Waals surface area contributed by atoms with Gasteiger partial charge in [-0.1, -0.05) is 12.1 Å². The van der Waals surface area contributed by atoms with Crippen LogP contribution in [0.3, 0.4) is 0 Å². The maximum absolute atomic E-state index is 12.9. The number of nitrogens with zero attached hydrogens (tertiary/aromatic N) is 1. The van der Waals surface area contributed by atoms with Gasteiger partial charge in [-0.05, 0) is 57.4 Å². The van der Waals surface area contributed by atoms with E-state index in [0.717, 1.165) is 17.6 Å². The zero-order chi connectivity index (χ0) is 18.5. The quantitative estimate of drug-likeness (QED) is 0.766. The van der Waals surface area contributed by atoms with E-state index in [1.165, 1.54) is 6.07 Å². The van der Waals surface area contributed by atoms with Crippen LogP contribution in [0.1, 0.15) is 33.3 Å². The highest BCUT2D eigenvalue weighted by molar-refractivity contribution is 6.62. The summed E-state index contributed by atoms with van der Waals surface area (Å²) in [5.41, 5.74) is -0.116. The molecule has 1 fully saturated rings. The lowest BCUT2D eigenvalue weighted by Gasteiger charge is -2.32. The summed E-state index contributed by atoms with van der Waals surface area (Å²) in [7, 11) is -0.586. The fraction of sp³-hybridized carbons (Fsp3) is 0.389. The molecule has 1 aromatic carbocycles. The molecule has 1 aliphatic rings. The Kier molecular flexibility index (Phi) is 4.20. The molecule has 132 valence electrons. The van der Waals surface area contributed by atoms with Crippen molar-refractivity contribution in [3.05, 3.63) is 48.2 Å². The summed E-state index contributed by atoms with van der Waals surface area (Å²) in [5, 5.41) is 0. The van der Waals surface area contributed by atoms with Crippen LogP contribution in [-0.4, -0.2) is 23.3 Å². The third-order valence-corrected chi connectivity index (χ3v) is 4.80. The van der Waals surface area contributed by atoms with E-state index < -0.39 is 30.1 Å². The average molecular weight is 349 g/mol. The van der Waals surface area contributed by atoms with Crippen molar-refractivity contribution in [3.63, 3.8) is 0 Å². The molecule has 0 atom stereocenters. The number of aromatic nitrogens is 1. The molecule has 0 N–H and O–H groups in total. The summed E-state index contributed by atoms with van der Waals surface area (Å²) in [6, 6.07) is 8.57. The van der Waals surface area contributed by atoms with Crippen LogP contribution in [0.25, 0.3) is 11.3 Å². The number of alkyl halides is 3. The van der Waals surface area contributed by atoms with Gasteiger partial charge in [0, 0.05) is 11.8 Å². The SMILES string of the molecule is CC1(C)OB(c2ccnc(-c3cccc(C(F)(F)F)c3)c2)OC1(C)C. The third kappa shape index (κ3) is 3.44. The first-order valence-electron chi connectivity index (χ1n) is 7.99. The van der Waals surface area contributed by atoms with E-state index >= 15 is 0 Å². The Morgan fingerprint density at radius 1 is 0.960 bits per heavy atom. The average Bonchev–Trinajstić information content (AvgIpc) is 2.75. The molecule has 0 spiro atoms. The van der Waals surface area contributed by atoms with Crippen LogP contribution >= 0.6 is 0 Å². The Labute approximate surface area is 145 Å². The number of benzene rings is 1. The number of pyridine rings is 1. The maximum Gasteiger partial charge on any atom is 0.494 e. The van der Waals surface area contributed by atoms with E-state index in [-0.39, 0.29) is 0 Å². The van der Waals surface area contributed by atoms with Crippen LogP contribution in [0.2, 0.25) is 0 Å². The van der Waals surface area contributed by atoms with Gasteiger partial charge in [-0.15, -0.1) is 0 Å². The molecule has 0 unspecified atom stereocenters. The van der Waals surface area contributed by atoms with Crippen molar-refractivity contribution >= 4 is 12.6 Å². The minimum Gasteiger partial charge on any atom is -0.399 e. The third-order valence-electron chi connectivity index (χ3n) is 4.80. The van der Waals surface area contributed by atoms with Crippen molar-refractivity contribution in [1.82, 2.24) is 4.98 Å². The predicted octanol–water partition coefficient (Wildman–Crippen LogP) is 4.07. The highest BCUT2D eigenvalue weighted by Crippen LogP contribution is 2.37. The van der Waals surface area contributed by atoms with Gasteiger partial charge in [0.1, 0.15) is 0 Å². The molecular weight excluding hydrogens is 330 g/mol. The lowest BCUT2D eigenvalue weighted by molar-refractivity contribution is -0.137. The van der Waals surface area contributed by atoms with Gasteiger partial charge in [0.05, 0.1) is 22.5 Å². The summed E-state index contributed by atoms with van der Waals surface area (Å²) < 4.78 is 50.7. The van der Waals surface area contributed by atoms with Crippen molar-refractivity contribution in [2.75, 3.05) is 0 Å². The first-order valence-corrected chi connectivity index (χ1v) is 7.99. The molecule has 7 heteroatoms. The Hall–Kier alpha value is -1.86. The molecule has 0 amide bonds. The van der Waals surface area contributed by atoms with Gasteiger partial charge in [0.15, 0.2) is 0 Å². The van der Waals surface area contributed by atoms with Crippen LogP contribution in [0, 0.1) is 0 Å². The fourth-order valence-electron chi connectivity index (χ4n) is 2.59. The molecule has 1 aliphatic heterocycles. The Morgan fingerprint density at radius 3 is 2.20 bits per heavy atom. The highest BCUT2D eigenvalue weighted by Gasteiger charge is 2.51. The van der Waals surface area contributed by atoms with Gasteiger partial charge in [-0.3, -0.25) is 4.98 Å². The summed E-state index contributed by atoms with van der Waals surface area (Å²) in [5.74, 6) is 0. The molecule has 3 rings (SSSR count). The largest absolute Gasteiger partial charge is 0.494 e. The Bertz CT molecular complexity index is 774. The second-order valence-corrected chi connectivity index (χ2v) is 7.14. The van der Waals surface area contributed by atoms with Gasteiger partial charge in [0.25, 0.3) is 0 Å². The smallest absolute Gasteiger partial charge is 0.399 e. The van der Waals surface area contributed by atoms with Crippen molar-refractivity contribution in [2.24, 2.45) is 0 Å². The zero-order valence-corrected chi connectivity index (χ0v) is 14.5. The molecule has 3 nitrogen and oxygen atoms in total. The minimum atomic E-state index is -4.39. The van der Waals surface area contributed by atoms with E-state index in [2.05, 4.69) is 4.98 Å². The zero-order valence-electron chi connectivity index (χ0n) is 14.5. The van der Waals surface area contributed by atoms with Crippen LogP contribution in [0.4, 0.5) is 13.2 Å². The van der Waals surface area contributed by atoms with Crippen LogP contribution < -0.4 is 5.46 Å². The normalized spacial score (nSPS) is 19.2. The fourth-order valence-corrected chi connectivity index (χ4v) is 2.59. The maximum atomic E-state index is 12.9. The monoisotopic (exact) mass is 349 g/mol. The molecule has 1 aromatic heterocycles. The summed E-state index contributed by atoms with van der Waals surface area (Å²) in [6.07, 6.45) is -2.84. The van der Waals surface area contributed by atoms with Crippen LogP contribution in [0.5, 0.6) is 0 Å². The number of hydrogen-bond acceptors (Lipinski definition) is 3. The van der Waals surface area contributed by atoms with Gasteiger partial charge < -0.3 is 9.31 Å². The molecular formula is C18H19BF3NO2. The lowest BCUT2D eigenvalue weighted by Crippen LogP contribution is -2.41. The first-order chi connectivity index (χ1) is 11.5. The van der Waals surface area contributed by atoms with E-state index in [0.29, 0.717) is 11.3 Å². The topological polar surface area (TPSA) is 31.4 Å². The summed E-state index contributed by atoms with van der Waals surface area (Å²) in [4.78, 5) is 4.20. The minimum absolute atomic E-state index is 0.396. The second-order valence-electron chi connectivity index (χ2n) is 7.14. The predicted molar refractivity (Wildman–Crippen MR) is 90.4 cm³/mol. The molecule has 0 bridgehead atoms. The van der Waals surface area contributed by atoms with Crippen molar-refractivity contribution < 1.29 is 22.5 Å².